The van der Waals surface area contributed by atoms with Gasteiger partial charge >= 0.3 is 0 Å². The number of ketones is 1. The third-order valence-electron chi connectivity index (χ3n) is 3.09. The van der Waals surface area contributed by atoms with E-state index in [4.69, 9.17) is 27.9 Å². The summed E-state index contributed by atoms with van der Waals surface area (Å²) in [5, 5.41) is 1.13. The van der Waals surface area contributed by atoms with Crippen LogP contribution in [0, 0.1) is 5.92 Å². The molecule has 4 heteroatoms. The van der Waals surface area contributed by atoms with Crippen molar-refractivity contribution in [3.63, 3.8) is 0 Å². The minimum absolute atomic E-state index is 0.114. The van der Waals surface area contributed by atoms with E-state index in [1.165, 1.54) is 0 Å². The van der Waals surface area contributed by atoms with Gasteiger partial charge in [0.1, 0.15) is 6.10 Å². The van der Waals surface area contributed by atoms with Gasteiger partial charge in [-0.3, -0.25) is 4.79 Å². The number of carbonyl (C=O) groups is 1. The van der Waals surface area contributed by atoms with Gasteiger partial charge in [0, 0.05) is 23.1 Å². The molecule has 1 fully saturated rings. The van der Waals surface area contributed by atoms with Crippen molar-refractivity contribution in [3.05, 3.63) is 33.8 Å². The lowest BCUT2D eigenvalue weighted by Gasteiger charge is -2.15. The lowest BCUT2D eigenvalue weighted by molar-refractivity contribution is -0.130. The SMILES string of the molecule is CCOC(C(=O)Cc1ccc(Cl)cc1Cl)C1CC1. The van der Waals surface area contributed by atoms with Gasteiger partial charge in [-0.1, -0.05) is 29.3 Å². The predicted octanol–water partition coefficient (Wildman–Crippen LogP) is 3.92. The Hall–Kier alpha value is -0.570. The van der Waals surface area contributed by atoms with Gasteiger partial charge in [-0.2, -0.15) is 0 Å². The van der Waals surface area contributed by atoms with Crippen LogP contribution in [0.3, 0.4) is 0 Å². The van der Waals surface area contributed by atoms with E-state index in [1.54, 1.807) is 18.2 Å². The molecule has 1 aromatic carbocycles. The lowest BCUT2D eigenvalue weighted by Crippen LogP contribution is -2.28. The second-order valence-corrected chi connectivity index (χ2v) is 5.44. The molecule has 18 heavy (non-hydrogen) atoms. The van der Waals surface area contributed by atoms with Crippen LogP contribution in [0.5, 0.6) is 0 Å². The molecule has 2 rings (SSSR count). The maximum atomic E-state index is 12.2. The highest BCUT2D eigenvalue weighted by molar-refractivity contribution is 6.35. The topological polar surface area (TPSA) is 26.3 Å². The number of hydrogen-bond donors (Lipinski definition) is 0. The quantitative estimate of drug-likeness (QED) is 0.792. The predicted molar refractivity (Wildman–Crippen MR) is 73.3 cm³/mol. The summed E-state index contributed by atoms with van der Waals surface area (Å²) in [5.74, 6) is 0.520. The van der Waals surface area contributed by atoms with Crippen LogP contribution in [-0.4, -0.2) is 18.5 Å². The van der Waals surface area contributed by atoms with Crippen LogP contribution in [0.4, 0.5) is 0 Å². The van der Waals surface area contributed by atoms with Crippen LogP contribution in [0.1, 0.15) is 25.3 Å². The van der Waals surface area contributed by atoms with E-state index in [0.717, 1.165) is 18.4 Å². The van der Waals surface area contributed by atoms with Crippen molar-refractivity contribution < 1.29 is 9.53 Å². The molecule has 98 valence electrons. The smallest absolute Gasteiger partial charge is 0.166 e. The summed E-state index contributed by atoms with van der Waals surface area (Å²) in [6, 6.07) is 5.22. The molecule has 2 nitrogen and oxygen atoms in total. The van der Waals surface area contributed by atoms with Gasteiger partial charge in [0.2, 0.25) is 0 Å². The van der Waals surface area contributed by atoms with Gasteiger partial charge in [0.05, 0.1) is 0 Å². The molecule has 0 bridgehead atoms. The van der Waals surface area contributed by atoms with Crippen molar-refractivity contribution in [1.29, 1.82) is 0 Å². The summed E-state index contributed by atoms with van der Waals surface area (Å²) in [4.78, 5) is 12.2. The molecule has 1 unspecified atom stereocenters. The molecule has 1 saturated carbocycles. The van der Waals surface area contributed by atoms with E-state index in [1.807, 2.05) is 6.92 Å². The Kier molecular flexibility index (Phi) is 4.66. The molecule has 0 saturated heterocycles. The van der Waals surface area contributed by atoms with Crippen LogP contribution in [0.2, 0.25) is 10.0 Å². The molecule has 1 aliphatic rings. The van der Waals surface area contributed by atoms with Crippen LogP contribution < -0.4 is 0 Å². The Balaban J connectivity index is 2.05. The van der Waals surface area contributed by atoms with Gasteiger partial charge in [-0.25, -0.2) is 0 Å². The molecule has 0 aromatic heterocycles. The van der Waals surface area contributed by atoms with Crippen molar-refractivity contribution in [2.24, 2.45) is 5.92 Å². The monoisotopic (exact) mass is 286 g/mol. The maximum Gasteiger partial charge on any atom is 0.166 e. The molecular weight excluding hydrogens is 271 g/mol. The number of carbonyl (C=O) groups excluding carboxylic acids is 1. The summed E-state index contributed by atoms with van der Waals surface area (Å²) < 4.78 is 5.54. The fourth-order valence-electron chi connectivity index (χ4n) is 2.02. The Morgan fingerprint density at radius 3 is 2.72 bits per heavy atom. The molecule has 0 spiro atoms. The number of halogens is 2. The average Bonchev–Trinajstić information content (AvgIpc) is 3.13. The highest BCUT2D eigenvalue weighted by Crippen LogP contribution is 2.35. The number of benzene rings is 1. The molecule has 1 aromatic rings. The second-order valence-electron chi connectivity index (χ2n) is 4.59. The minimum Gasteiger partial charge on any atom is -0.370 e. The third-order valence-corrected chi connectivity index (χ3v) is 3.68. The number of ether oxygens (including phenoxy) is 1. The maximum absolute atomic E-state index is 12.2. The first-order valence-electron chi connectivity index (χ1n) is 6.20. The Labute approximate surface area is 117 Å². The zero-order valence-electron chi connectivity index (χ0n) is 10.3. The summed E-state index contributed by atoms with van der Waals surface area (Å²) in [5.41, 5.74) is 0.816. The fraction of sp³-hybridized carbons (Fsp3) is 0.500. The third kappa shape index (κ3) is 3.47. The first-order chi connectivity index (χ1) is 8.61. The van der Waals surface area contributed by atoms with Crippen molar-refractivity contribution >= 4 is 29.0 Å². The van der Waals surface area contributed by atoms with Gasteiger partial charge in [0.15, 0.2) is 5.78 Å². The van der Waals surface area contributed by atoms with Gasteiger partial charge in [0.25, 0.3) is 0 Å². The molecule has 0 amide bonds. The number of hydrogen-bond acceptors (Lipinski definition) is 2. The van der Waals surface area contributed by atoms with E-state index >= 15 is 0 Å². The van der Waals surface area contributed by atoms with Gasteiger partial charge in [-0.15, -0.1) is 0 Å². The van der Waals surface area contributed by atoms with E-state index in [2.05, 4.69) is 0 Å². The lowest BCUT2D eigenvalue weighted by atomic mass is 10.0. The molecule has 1 atom stereocenters. The van der Waals surface area contributed by atoms with E-state index in [9.17, 15) is 4.79 Å². The van der Waals surface area contributed by atoms with Crippen molar-refractivity contribution in [2.45, 2.75) is 32.3 Å². The average molecular weight is 287 g/mol. The van der Waals surface area contributed by atoms with Crippen LogP contribution in [-0.2, 0) is 16.0 Å². The number of Topliss-reactive ketones (excluding diaryl/α,β-unsaturated/α-hetero) is 1. The van der Waals surface area contributed by atoms with E-state index in [-0.39, 0.29) is 11.9 Å². The van der Waals surface area contributed by atoms with E-state index < -0.39 is 0 Å². The standard InChI is InChI=1S/C14H16Cl2O2/c1-2-18-14(9-3-4-9)13(17)7-10-5-6-11(15)8-12(10)16/h5-6,8-9,14H,2-4,7H2,1H3. The zero-order valence-corrected chi connectivity index (χ0v) is 11.8. The van der Waals surface area contributed by atoms with Crippen molar-refractivity contribution in [1.82, 2.24) is 0 Å². The minimum atomic E-state index is -0.262. The fourth-order valence-corrected chi connectivity index (χ4v) is 2.50. The molecule has 1 aliphatic carbocycles. The zero-order chi connectivity index (χ0) is 13.1. The molecule has 0 heterocycles. The van der Waals surface area contributed by atoms with Crippen molar-refractivity contribution in [2.75, 3.05) is 6.61 Å². The molecule has 0 aliphatic heterocycles. The van der Waals surface area contributed by atoms with Crippen molar-refractivity contribution in [3.8, 4) is 0 Å². The molecule has 0 radical (unpaired) electrons. The highest BCUT2D eigenvalue weighted by atomic mass is 35.5. The first kappa shape index (κ1) is 13.9. The normalized spacial score (nSPS) is 16.6. The molecule has 0 N–H and O–H groups in total. The summed E-state index contributed by atoms with van der Waals surface area (Å²) in [7, 11) is 0. The summed E-state index contributed by atoms with van der Waals surface area (Å²) in [6.45, 7) is 2.49. The Morgan fingerprint density at radius 2 is 2.17 bits per heavy atom. The number of rotatable bonds is 6. The Bertz CT molecular complexity index is 441. The highest BCUT2D eigenvalue weighted by Gasteiger charge is 2.36. The van der Waals surface area contributed by atoms with Gasteiger partial charge in [-0.05, 0) is 43.4 Å². The molecular formula is C14H16Cl2O2. The van der Waals surface area contributed by atoms with Crippen LogP contribution in [0.15, 0.2) is 18.2 Å². The van der Waals surface area contributed by atoms with Crippen LogP contribution >= 0.6 is 23.2 Å². The Morgan fingerprint density at radius 1 is 1.44 bits per heavy atom. The largest absolute Gasteiger partial charge is 0.370 e. The van der Waals surface area contributed by atoms with Gasteiger partial charge < -0.3 is 4.74 Å². The second kappa shape index (κ2) is 6.05. The summed E-state index contributed by atoms with van der Waals surface area (Å²) >= 11 is 11.9. The van der Waals surface area contributed by atoms with Crippen LogP contribution in [0.25, 0.3) is 0 Å². The summed E-state index contributed by atoms with van der Waals surface area (Å²) in [6.07, 6.45) is 2.23. The van der Waals surface area contributed by atoms with E-state index in [0.29, 0.717) is 29.0 Å². The first-order valence-corrected chi connectivity index (χ1v) is 6.95.